The summed E-state index contributed by atoms with van der Waals surface area (Å²) in [6.45, 7) is 0. The molecule has 1 aliphatic rings. The average molecular weight is 256 g/mol. The molecule has 1 N–H and O–H groups in total. The summed E-state index contributed by atoms with van der Waals surface area (Å²) < 4.78 is 5.46. The highest BCUT2D eigenvalue weighted by molar-refractivity contribution is 6.00. The zero-order chi connectivity index (χ0) is 13.4. The Morgan fingerprint density at radius 1 is 1.37 bits per heavy atom. The summed E-state index contributed by atoms with van der Waals surface area (Å²) in [5, 5.41) is 3.24. The summed E-state index contributed by atoms with van der Waals surface area (Å²) in [5.74, 6) is 1.02. The molecule has 0 saturated heterocycles. The van der Waals surface area contributed by atoms with Crippen LogP contribution in [0.4, 0.5) is 5.69 Å². The molecule has 0 spiro atoms. The number of likely N-dealkylation sites (N-methyl/N-ethyl adjacent to an activating group) is 1. The number of fused-ring (bicyclic) bond motifs is 1. The number of hydrogen-bond acceptors (Lipinski definition) is 3. The number of benzene rings is 1. The van der Waals surface area contributed by atoms with Crippen LogP contribution < -0.4 is 10.2 Å². The molecular weight excluding hydrogens is 240 g/mol. The second-order valence-corrected chi connectivity index (χ2v) is 4.75. The normalized spacial score (nSPS) is 15.7. The number of nitrogens with zero attached hydrogens (tertiary/aromatic N) is 1. The van der Waals surface area contributed by atoms with Crippen LogP contribution in [-0.2, 0) is 11.2 Å². The Balaban J connectivity index is 1.99. The predicted octanol–water partition coefficient (Wildman–Crippen LogP) is 2.11. The highest BCUT2D eigenvalue weighted by atomic mass is 16.3. The van der Waals surface area contributed by atoms with Gasteiger partial charge in [0.15, 0.2) is 0 Å². The van der Waals surface area contributed by atoms with Gasteiger partial charge >= 0.3 is 0 Å². The molecule has 0 fully saturated rings. The number of amides is 1. The summed E-state index contributed by atoms with van der Waals surface area (Å²) in [7, 11) is 3.72. The van der Waals surface area contributed by atoms with E-state index in [1.165, 1.54) is 0 Å². The summed E-state index contributed by atoms with van der Waals surface area (Å²) in [5.41, 5.74) is 3.19. The lowest BCUT2D eigenvalue weighted by atomic mass is 10.0. The van der Waals surface area contributed by atoms with Crippen LogP contribution >= 0.6 is 0 Å². The summed E-state index contributed by atoms with van der Waals surface area (Å²) in [6, 6.07) is 9.97. The minimum Gasteiger partial charge on any atom is -0.467 e. The third kappa shape index (κ3) is 1.94. The molecule has 0 radical (unpaired) electrons. The second kappa shape index (κ2) is 4.55. The monoisotopic (exact) mass is 256 g/mol. The van der Waals surface area contributed by atoms with Gasteiger partial charge in [0.2, 0.25) is 5.91 Å². The molecule has 1 unspecified atom stereocenters. The molecule has 4 nitrogen and oxygen atoms in total. The van der Waals surface area contributed by atoms with Crippen LogP contribution in [0.5, 0.6) is 0 Å². The van der Waals surface area contributed by atoms with E-state index < -0.39 is 0 Å². The van der Waals surface area contributed by atoms with E-state index in [1.54, 1.807) is 11.2 Å². The molecule has 1 aromatic carbocycles. The quantitative estimate of drug-likeness (QED) is 0.914. The SMILES string of the molecule is CNC(c1ccc2c(c1)CC(=O)N2C)c1ccco1. The van der Waals surface area contributed by atoms with E-state index in [0.717, 1.165) is 22.6 Å². The van der Waals surface area contributed by atoms with Crippen molar-refractivity contribution in [3.8, 4) is 0 Å². The van der Waals surface area contributed by atoms with Crippen LogP contribution in [0.15, 0.2) is 41.0 Å². The summed E-state index contributed by atoms with van der Waals surface area (Å²) >= 11 is 0. The van der Waals surface area contributed by atoms with E-state index in [0.29, 0.717) is 6.42 Å². The van der Waals surface area contributed by atoms with E-state index in [4.69, 9.17) is 4.42 Å². The molecule has 1 aromatic heterocycles. The highest BCUT2D eigenvalue weighted by Gasteiger charge is 2.25. The lowest BCUT2D eigenvalue weighted by Crippen LogP contribution is -2.20. The van der Waals surface area contributed by atoms with E-state index in [9.17, 15) is 4.79 Å². The fourth-order valence-electron chi connectivity index (χ4n) is 2.60. The molecule has 98 valence electrons. The first-order chi connectivity index (χ1) is 9.20. The predicted molar refractivity (Wildman–Crippen MR) is 73.2 cm³/mol. The molecule has 1 atom stereocenters. The molecule has 0 saturated carbocycles. The first-order valence-electron chi connectivity index (χ1n) is 6.30. The second-order valence-electron chi connectivity index (χ2n) is 4.75. The smallest absolute Gasteiger partial charge is 0.231 e. The molecular formula is C15H16N2O2. The zero-order valence-corrected chi connectivity index (χ0v) is 11.0. The van der Waals surface area contributed by atoms with Crippen molar-refractivity contribution in [1.29, 1.82) is 0 Å². The van der Waals surface area contributed by atoms with Gasteiger partial charge in [0.25, 0.3) is 0 Å². The van der Waals surface area contributed by atoms with E-state index in [-0.39, 0.29) is 11.9 Å². The minimum absolute atomic E-state index is 0.0151. The molecule has 2 aromatic rings. The first kappa shape index (κ1) is 12.0. The van der Waals surface area contributed by atoms with Crippen molar-refractivity contribution in [3.63, 3.8) is 0 Å². The molecule has 19 heavy (non-hydrogen) atoms. The van der Waals surface area contributed by atoms with Gasteiger partial charge in [0.05, 0.1) is 18.7 Å². The lowest BCUT2D eigenvalue weighted by Gasteiger charge is -2.16. The van der Waals surface area contributed by atoms with Crippen LogP contribution in [0.2, 0.25) is 0 Å². The minimum atomic E-state index is 0.0151. The number of anilines is 1. The molecule has 0 aliphatic carbocycles. The van der Waals surface area contributed by atoms with Crippen LogP contribution in [0.25, 0.3) is 0 Å². The zero-order valence-electron chi connectivity index (χ0n) is 11.0. The van der Waals surface area contributed by atoms with Crippen molar-refractivity contribution >= 4 is 11.6 Å². The van der Waals surface area contributed by atoms with Gasteiger partial charge in [0.1, 0.15) is 5.76 Å². The summed E-state index contributed by atoms with van der Waals surface area (Å²) in [6.07, 6.45) is 2.15. The van der Waals surface area contributed by atoms with E-state index >= 15 is 0 Å². The number of nitrogens with one attached hydrogen (secondary N) is 1. The van der Waals surface area contributed by atoms with Gasteiger partial charge in [-0.25, -0.2) is 0 Å². The van der Waals surface area contributed by atoms with E-state index in [2.05, 4.69) is 11.4 Å². The Kier molecular flexibility index (Phi) is 2.87. The number of hydrogen-bond donors (Lipinski definition) is 1. The maximum Gasteiger partial charge on any atom is 0.231 e. The molecule has 2 heterocycles. The first-order valence-corrected chi connectivity index (χ1v) is 6.30. The number of furan rings is 1. The maximum atomic E-state index is 11.7. The van der Waals surface area contributed by atoms with Crippen molar-refractivity contribution in [2.45, 2.75) is 12.5 Å². The third-order valence-electron chi connectivity index (χ3n) is 3.63. The topological polar surface area (TPSA) is 45.5 Å². The van der Waals surface area contributed by atoms with Crippen LogP contribution in [-0.4, -0.2) is 20.0 Å². The molecule has 1 aliphatic heterocycles. The van der Waals surface area contributed by atoms with Crippen molar-refractivity contribution in [1.82, 2.24) is 5.32 Å². The van der Waals surface area contributed by atoms with E-state index in [1.807, 2.05) is 38.4 Å². The van der Waals surface area contributed by atoms with Crippen LogP contribution in [0, 0.1) is 0 Å². The van der Waals surface area contributed by atoms with Crippen molar-refractivity contribution in [2.75, 3.05) is 19.0 Å². The Hall–Kier alpha value is -2.07. The van der Waals surface area contributed by atoms with Gasteiger partial charge in [-0.1, -0.05) is 12.1 Å². The van der Waals surface area contributed by atoms with Gasteiger partial charge < -0.3 is 14.6 Å². The molecule has 3 rings (SSSR count). The molecule has 4 heteroatoms. The molecule has 1 amide bonds. The van der Waals surface area contributed by atoms with Gasteiger partial charge in [-0.05, 0) is 36.4 Å². The van der Waals surface area contributed by atoms with Crippen LogP contribution in [0.3, 0.4) is 0 Å². The number of rotatable bonds is 3. The Morgan fingerprint density at radius 2 is 2.21 bits per heavy atom. The standard InChI is InChI=1S/C15H16N2O2/c1-16-15(13-4-3-7-19-13)10-5-6-12-11(8-10)9-14(18)17(12)2/h3-8,15-16H,9H2,1-2H3. The van der Waals surface area contributed by atoms with Gasteiger partial charge in [-0.2, -0.15) is 0 Å². The lowest BCUT2D eigenvalue weighted by molar-refractivity contribution is -0.117. The van der Waals surface area contributed by atoms with Crippen molar-refractivity contribution in [2.24, 2.45) is 0 Å². The molecule has 0 bridgehead atoms. The Labute approximate surface area is 112 Å². The highest BCUT2D eigenvalue weighted by Crippen LogP contribution is 2.31. The van der Waals surface area contributed by atoms with Gasteiger partial charge in [-0.15, -0.1) is 0 Å². The number of carbonyl (C=O) groups is 1. The van der Waals surface area contributed by atoms with Crippen molar-refractivity contribution in [3.05, 3.63) is 53.5 Å². The largest absolute Gasteiger partial charge is 0.467 e. The average Bonchev–Trinajstić information content (AvgIpc) is 3.01. The Morgan fingerprint density at radius 3 is 2.89 bits per heavy atom. The Bertz CT molecular complexity index is 605. The van der Waals surface area contributed by atoms with Gasteiger partial charge in [0, 0.05) is 12.7 Å². The van der Waals surface area contributed by atoms with Gasteiger partial charge in [-0.3, -0.25) is 4.79 Å². The maximum absolute atomic E-state index is 11.7. The van der Waals surface area contributed by atoms with Crippen molar-refractivity contribution < 1.29 is 9.21 Å². The fourth-order valence-corrected chi connectivity index (χ4v) is 2.60. The summed E-state index contributed by atoms with van der Waals surface area (Å²) in [4.78, 5) is 13.4. The number of carbonyl (C=O) groups excluding carboxylic acids is 1. The van der Waals surface area contributed by atoms with Crippen LogP contribution in [0.1, 0.15) is 22.9 Å². The third-order valence-corrected chi connectivity index (χ3v) is 3.63. The fraction of sp³-hybridized carbons (Fsp3) is 0.267.